The molecule has 0 saturated heterocycles. The van der Waals surface area contributed by atoms with E-state index in [9.17, 15) is 14.4 Å². The fourth-order valence-corrected chi connectivity index (χ4v) is 0.569. The molecular formula is C9H9N3O5. The smallest absolute Gasteiger partial charge is 0.328 e. The Morgan fingerprint density at radius 2 is 1.65 bits per heavy atom. The molecule has 0 saturated carbocycles. The molecule has 0 aromatic carbocycles. The molecular weight excluding hydrogens is 230 g/mol. The first-order valence-electron chi connectivity index (χ1n) is 4.13. The topological polar surface area (TPSA) is 143 Å². The van der Waals surface area contributed by atoms with Crippen LogP contribution < -0.4 is 5.73 Å². The molecule has 1 amide bonds. The monoisotopic (exact) mass is 239 g/mol. The molecule has 1 aromatic heterocycles. The predicted octanol–water partition coefficient (Wildman–Crippen LogP) is -0.713. The predicted molar refractivity (Wildman–Crippen MR) is 55.0 cm³/mol. The van der Waals surface area contributed by atoms with Gasteiger partial charge in [-0.1, -0.05) is 0 Å². The Balaban J connectivity index is 0.000000304. The van der Waals surface area contributed by atoms with Gasteiger partial charge >= 0.3 is 11.9 Å². The van der Waals surface area contributed by atoms with Crippen molar-refractivity contribution in [1.29, 1.82) is 0 Å². The van der Waals surface area contributed by atoms with Gasteiger partial charge in [0.15, 0.2) is 0 Å². The van der Waals surface area contributed by atoms with E-state index in [1.54, 1.807) is 0 Å². The summed E-state index contributed by atoms with van der Waals surface area (Å²) in [7, 11) is 0. The summed E-state index contributed by atoms with van der Waals surface area (Å²) in [5.74, 6) is -3.07. The summed E-state index contributed by atoms with van der Waals surface area (Å²) in [6.45, 7) is 0. The van der Waals surface area contributed by atoms with Crippen molar-refractivity contribution in [3.05, 3.63) is 36.4 Å². The van der Waals surface area contributed by atoms with Gasteiger partial charge in [-0.3, -0.25) is 9.78 Å². The van der Waals surface area contributed by atoms with Crippen LogP contribution in [0.5, 0.6) is 0 Å². The number of rotatable bonds is 3. The van der Waals surface area contributed by atoms with E-state index in [-0.39, 0.29) is 5.69 Å². The van der Waals surface area contributed by atoms with Crippen molar-refractivity contribution < 1.29 is 24.6 Å². The molecule has 0 fully saturated rings. The second-order valence-corrected chi connectivity index (χ2v) is 2.46. The summed E-state index contributed by atoms with van der Waals surface area (Å²) in [6.07, 6.45) is 5.33. The second-order valence-electron chi connectivity index (χ2n) is 2.46. The fraction of sp³-hybridized carbons (Fsp3) is 0. The molecule has 4 N–H and O–H groups in total. The molecule has 8 nitrogen and oxygen atoms in total. The third-order valence-electron chi connectivity index (χ3n) is 1.18. The highest BCUT2D eigenvalue weighted by molar-refractivity contribution is 5.90. The number of aromatic nitrogens is 2. The van der Waals surface area contributed by atoms with E-state index in [0.29, 0.717) is 12.2 Å². The van der Waals surface area contributed by atoms with Gasteiger partial charge in [-0.05, 0) is 0 Å². The molecule has 0 aliphatic rings. The number of amides is 1. The first kappa shape index (κ1) is 14.2. The van der Waals surface area contributed by atoms with Crippen LogP contribution in [0.2, 0.25) is 0 Å². The van der Waals surface area contributed by atoms with E-state index < -0.39 is 17.8 Å². The Morgan fingerprint density at radius 3 is 1.88 bits per heavy atom. The van der Waals surface area contributed by atoms with Gasteiger partial charge in [0.1, 0.15) is 5.69 Å². The van der Waals surface area contributed by atoms with Gasteiger partial charge in [-0.15, -0.1) is 0 Å². The zero-order chi connectivity index (χ0) is 13.3. The Morgan fingerprint density at radius 1 is 1.12 bits per heavy atom. The third-order valence-corrected chi connectivity index (χ3v) is 1.18. The van der Waals surface area contributed by atoms with E-state index in [1.807, 2.05) is 0 Å². The second kappa shape index (κ2) is 7.51. The lowest BCUT2D eigenvalue weighted by atomic mass is 10.4. The van der Waals surface area contributed by atoms with Gasteiger partial charge < -0.3 is 15.9 Å². The highest BCUT2D eigenvalue weighted by atomic mass is 16.4. The molecule has 0 unspecified atom stereocenters. The fourth-order valence-electron chi connectivity index (χ4n) is 0.569. The maximum Gasteiger partial charge on any atom is 0.328 e. The van der Waals surface area contributed by atoms with Crippen molar-refractivity contribution in [2.45, 2.75) is 0 Å². The van der Waals surface area contributed by atoms with E-state index >= 15 is 0 Å². The lowest BCUT2D eigenvalue weighted by Gasteiger charge is -1.87. The number of nitrogens with two attached hydrogens (primary N) is 1. The van der Waals surface area contributed by atoms with Gasteiger partial charge in [-0.25, -0.2) is 14.6 Å². The van der Waals surface area contributed by atoms with Crippen LogP contribution in [0.3, 0.4) is 0 Å². The molecule has 0 radical (unpaired) electrons. The number of carbonyl (C=O) groups excluding carboxylic acids is 1. The van der Waals surface area contributed by atoms with E-state index in [2.05, 4.69) is 9.97 Å². The molecule has 0 aliphatic heterocycles. The van der Waals surface area contributed by atoms with Crippen molar-refractivity contribution in [1.82, 2.24) is 9.97 Å². The van der Waals surface area contributed by atoms with Crippen LogP contribution in [-0.2, 0) is 9.59 Å². The lowest BCUT2D eigenvalue weighted by molar-refractivity contribution is -0.134. The molecule has 8 heteroatoms. The van der Waals surface area contributed by atoms with Crippen LogP contribution in [0.1, 0.15) is 10.5 Å². The standard InChI is InChI=1S/C5H5N3O.C4H4O4/c6-5(9)4-3-7-1-2-8-4;5-3(6)1-2-4(7)8/h1-3H,(H2,6,9);1-2H,(H,5,6)(H,7,8). The van der Waals surface area contributed by atoms with E-state index in [4.69, 9.17) is 15.9 Å². The Bertz CT molecular complexity index is 414. The zero-order valence-electron chi connectivity index (χ0n) is 8.48. The molecule has 0 aliphatic carbocycles. The number of hydrogen-bond donors (Lipinski definition) is 3. The first-order chi connectivity index (χ1) is 7.93. The van der Waals surface area contributed by atoms with Gasteiger partial charge in [0, 0.05) is 24.5 Å². The highest BCUT2D eigenvalue weighted by Gasteiger charge is 1.97. The van der Waals surface area contributed by atoms with E-state index in [0.717, 1.165) is 0 Å². The number of nitrogens with zero attached hydrogens (tertiary/aromatic N) is 2. The number of primary amides is 1. The van der Waals surface area contributed by atoms with Crippen molar-refractivity contribution in [3.63, 3.8) is 0 Å². The number of carboxylic acids is 2. The maximum atomic E-state index is 10.3. The average Bonchev–Trinajstić information content (AvgIpc) is 2.28. The minimum absolute atomic E-state index is 0.192. The number of hydrogen-bond acceptors (Lipinski definition) is 5. The van der Waals surface area contributed by atoms with Crippen molar-refractivity contribution in [2.24, 2.45) is 5.73 Å². The van der Waals surface area contributed by atoms with Gasteiger partial charge in [0.25, 0.3) is 5.91 Å². The maximum absolute atomic E-state index is 10.3. The SMILES string of the molecule is NC(=O)c1cnccn1.O=C(O)C=CC(=O)O. The summed E-state index contributed by atoms with van der Waals surface area (Å²) in [5.41, 5.74) is 5.06. The van der Waals surface area contributed by atoms with Crippen LogP contribution in [0.25, 0.3) is 0 Å². The van der Waals surface area contributed by atoms with Gasteiger partial charge in [0.2, 0.25) is 0 Å². The molecule has 0 bridgehead atoms. The Hall–Kier alpha value is -2.77. The first-order valence-corrected chi connectivity index (χ1v) is 4.13. The molecule has 90 valence electrons. The number of aliphatic carboxylic acids is 2. The molecule has 1 rings (SSSR count). The molecule has 0 atom stereocenters. The van der Waals surface area contributed by atoms with Crippen molar-refractivity contribution in [2.75, 3.05) is 0 Å². The third kappa shape index (κ3) is 8.24. The minimum Gasteiger partial charge on any atom is -0.478 e. The van der Waals surface area contributed by atoms with Crippen LogP contribution >= 0.6 is 0 Å². The minimum atomic E-state index is -1.26. The zero-order valence-corrected chi connectivity index (χ0v) is 8.48. The van der Waals surface area contributed by atoms with Crippen LogP contribution in [-0.4, -0.2) is 38.0 Å². The van der Waals surface area contributed by atoms with Crippen molar-refractivity contribution >= 4 is 17.8 Å². The normalized spacial score (nSPS) is 9.18. The Kier molecular flexibility index (Phi) is 6.29. The molecule has 1 heterocycles. The summed E-state index contributed by atoms with van der Waals surface area (Å²) in [5, 5.41) is 15.6. The van der Waals surface area contributed by atoms with E-state index in [1.165, 1.54) is 18.6 Å². The van der Waals surface area contributed by atoms with Crippen LogP contribution in [0.15, 0.2) is 30.7 Å². The molecule has 1 aromatic rings. The summed E-state index contributed by atoms with van der Waals surface area (Å²) in [4.78, 5) is 36.7. The average molecular weight is 239 g/mol. The van der Waals surface area contributed by atoms with Gasteiger partial charge in [0.05, 0.1) is 6.20 Å². The quantitative estimate of drug-likeness (QED) is 0.590. The number of carbonyl (C=O) groups is 3. The highest BCUT2D eigenvalue weighted by Crippen LogP contribution is 1.84. The molecule has 0 spiro atoms. The summed E-state index contributed by atoms with van der Waals surface area (Å²) < 4.78 is 0. The summed E-state index contributed by atoms with van der Waals surface area (Å²) in [6, 6.07) is 0. The molecule has 17 heavy (non-hydrogen) atoms. The largest absolute Gasteiger partial charge is 0.478 e. The number of carboxylic acid groups (broad SMARTS) is 2. The van der Waals surface area contributed by atoms with Crippen molar-refractivity contribution in [3.8, 4) is 0 Å². The Labute approximate surface area is 95.4 Å². The van der Waals surface area contributed by atoms with Crippen LogP contribution in [0.4, 0.5) is 0 Å². The summed E-state index contributed by atoms with van der Waals surface area (Å²) >= 11 is 0. The lowest BCUT2D eigenvalue weighted by Crippen LogP contribution is -2.12. The van der Waals surface area contributed by atoms with Crippen LogP contribution in [0, 0.1) is 0 Å². The van der Waals surface area contributed by atoms with Gasteiger partial charge in [-0.2, -0.15) is 0 Å².